The molecule has 9 nitrogen and oxygen atoms in total. The van der Waals surface area contributed by atoms with Gasteiger partial charge in [-0.15, -0.1) is 0 Å². The van der Waals surface area contributed by atoms with Crippen LogP contribution in [0.25, 0.3) is 0 Å². The van der Waals surface area contributed by atoms with Crippen molar-refractivity contribution < 1.29 is 23.9 Å². The number of carbonyl (C=O) groups is 3. The van der Waals surface area contributed by atoms with Crippen LogP contribution in [0.4, 0.5) is 5.82 Å². The van der Waals surface area contributed by atoms with Gasteiger partial charge in [0.15, 0.2) is 5.76 Å². The molecule has 3 heterocycles. The Labute approximate surface area is 224 Å². The lowest BCUT2D eigenvalue weighted by Crippen LogP contribution is -2.48. The Morgan fingerprint density at radius 2 is 1.95 bits per heavy atom. The number of rotatable bonds is 12. The van der Waals surface area contributed by atoms with Crippen molar-refractivity contribution in [3.05, 3.63) is 48.0 Å². The number of carboxylic acids is 1. The maximum atomic E-state index is 13.4. The topological polar surface area (TPSA) is 116 Å². The Balaban J connectivity index is 1.31. The molecule has 0 radical (unpaired) electrons. The van der Waals surface area contributed by atoms with Gasteiger partial charge in [-0.3, -0.25) is 19.3 Å². The second kappa shape index (κ2) is 13.0. The summed E-state index contributed by atoms with van der Waals surface area (Å²) in [6, 6.07) is 7.34. The molecular weight excluding hydrogens is 484 g/mol. The quantitative estimate of drug-likeness (QED) is 0.395. The Morgan fingerprint density at radius 1 is 1.18 bits per heavy atom. The third-order valence-corrected chi connectivity index (χ3v) is 8.06. The number of carbonyl (C=O) groups excluding carboxylic acids is 2. The summed E-state index contributed by atoms with van der Waals surface area (Å²) in [5.74, 6) is 0.00515. The van der Waals surface area contributed by atoms with Crippen molar-refractivity contribution in [2.24, 2.45) is 5.41 Å². The van der Waals surface area contributed by atoms with E-state index in [1.807, 2.05) is 19.1 Å². The number of aryl methyl sites for hydroxylation is 1. The lowest BCUT2D eigenvalue weighted by Gasteiger charge is -2.39. The highest BCUT2D eigenvalue weighted by molar-refractivity contribution is 6.04. The predicted octanol–water partition coefficient (Wildman–Crippen LogP) is 4.42. The summed E-state index contributed by atoms with van der Waals surface area (Å²) in [5.41, 5.74) is 1.07. The first-order valence-electron chi connectivity index (χ1n) is 13.9. The molecule has 9 heteroatoms. The number of hydrogen-bond donors (Lipinski definition) is 2. The van der Waals surface area contributed by atoms with E-state index in [1.165, 1.54) is 6.26 Å². The Bertz CT molecular complexity index is 1060. The number of furan rings is 1. The second-order valence-corrected chi connectivity index (χ2v) is 10.9. The average Bonchev–Trinajstić information content (AvgIpc) is 3.61. The summed E-state index contributed by atoms with van der Waals surface area (Å²) >= 11 is 0. The molecule has 0 bridgehead atoms. The highest BCUT2D eigenvalue weighted by Crippen LogP contribution is 2.44. The van der Waals surface area contributed by atoms with Gasteiger partial charge in [-0.2, -0.15) is 0 Å². The van der Waals surface area contributed by atoms with Gasteiger partial charge in [-0.25, -0.2) is 4.98 Å². The molecule has 2 aromatic rings. The summed E-state index contributed by atoms with van der Waals surface area (Å²) in [5, 5.41) is 11.7. The molecule has 206 valence electrons. The van der Waals surface area contributed by atoms with Gasteiger partial charge in [-0.1, -0.05) is 18.9 Å². The number of nitrogens with zero attached hydrogens (tertiary/aromatic N) is 3. The average molecular weight is 525 g/mol. The van der Waals surface area contributed by atoms with Crippen LogP contribution in [0.1, 0.15) is 80.3 Å². The number of hydrogen-bond acceptors (Lipinski definition) is 6. The molecule has 1 aliphatic carbocycles. The second-order valence-electron chi connectivity index (χ2n) is 10.9. The summed E-state index contributed by atoms with van der Waals surface area (Å²) < 4.78 is 5.42. The molecule has 2 aliphatic rings. The van der Waals surface area contributed by atoms with E-state index in [1.54, 1.807) is 23.2 Å². The molecule has 0 atom stereocenters. The van der Waals surface area contributed by atoms with Gasteiger partial charge < -0.3 is 19.7 Å². The van der Waals surface area contributed by atoms with Crippen LogP contribution in [0.5, 0.6) is 0 Å². The van der Waals surface area contributed by atoms with Gasteiger partial charge in [0, 0.05) is 44.7 Å². The predicted molar refractivity (Wildman–Crippen MR) is 144 cm³/mol. The minimum atomic E-state index is -0.834. The molecule has 1 saturated heterocycles. The van der Waals surface area contributed by atoms with Crippen LogP contribution >= 0.6 is 0 Å². The van der Waals surface area contributed by atoms with Crippen LogP contribution in [-0.2, 0) is 9.59 Å². The lowest BCUT2D eigenvalue weighted by molar-refractivity contribution is -0.137. The molecule has 2 fully saturated rings. The first kappa shape index (κ1) is 27.8. The molecule has 1 saturated carbocycles. The van der Waals surface area contributed by atoms with E-state index < -0.39 is 5.97 Å². The molecule has 2 amide bonds. The number of likely N-dealkylation sites (tertiary alicyclic amines) is 1. The fourth-order valence-electron chi connectivity index (χ4n) is 5.89. The Hall–Kier alpha value is -3.20. The van der Waals surface area contributed by atoms with Gasteiger partial charge in [0.05, 0.1) is 6.26 Å². The largest absolute Gasteiger partial charge is 0.481 e. The molecule has 2 aromatic heterocycles. The number of piperidine rings is 1. The lowest BCUT2D eigenvalue weighted by atomic mass is 9.79. The highest BCUT2D eigenvalue weighted by atomic mass is 16.4. The molecular formula is C29H40N4O5. The van der Waals surface area contributed by atoms with E-state index in [0.29, 0.717) is 31.0 Å². The molecule has 0 spiro atoms. The fourth-order valence-corrected chi connectivity index (χ4v) is 5.89. The summed E-state index contributed by atoms with van der Waals surface area (Å²) in [7, 11) is 0. The van der Waals surface area contributed by atoms with Crippen molar-refractivity contribution in [1.82, 2.24) is 15.2 Å². The Morgan fingerprint density at radius 3 is 2.58 bits per heavy atom. The number of anilines is 1. The summed E-state index contributed by atoms with van der Waals surface area (Å²) in [6.45, 7) is 5.10. The van der Waals surface area contributed by atoms with Crippen molar-refractivity contribution >= 4 is 23.6 Å². The van der Waals surface area contributed by atoms with Crippen LogP contribution in [0, 0.1) is 12.3 Å². The van der Waals surface area contributed by atoms with Crippen LogP contribution in [-0.4, -0.2) is 65.0 Å². The number of aliphatic carboxylic acids is 1. The van der Waals surface area contributed by atoms with E-state index in [4.69, 9.17) is 9.52 Å². The normalized spacial score (nSPS) is 17.8. The number of aromatic nitrogens is 1. The molecule has 1 aliphatic heterocycles. The highest BCUT2D eigenvalue weighted by Gasteiger charge is 2.37. The van der Waals surface area contributed by atoms with Crippen LogP contribution in [0.2, 0.25) is 0 Å². The summed E-state index contributed by atoms with van der Waals surface area (Å²) in [4.78, 5) is 45.5. The zero-order valence-electron chi connectivity index (χ0n) is 22.4. The monoisotopic (exact) mass is 524 g/mol. The maximum absolute atomic E-state index is 13.4. The van der Waals surface area contributed by atoms with Crippen molar-refractivity contribution in [1.29, 1.82) is 0 Å². The number of nitrogens with one attached hydrogen (secondary N) is 1. The van der Waals surface area contributed by atoms with E-state index in [-0.39, 0.29) is 29.7 Å². The van der Waals surface area contributed by atoms with E-state index in [2.05, 4.69) is 15.2 Å². The molecule has 38 heavy (non-hydrogen) atoms. The van der Waals surface area contributed by atoms with Gasteiger partial charge in [-0.05, 0) is 81.2 Å². The zero-order chi connectivity index (χ0) is 27.0. The van der Waals surface area contributed by atoms with Crippen LogP contribution in [0.3, 0.4) is 0 Å². The standard InChI is InChI=1S/C29H40N4O5/c1-22-8-9-25(31-21-22)33(28(37)24-6-5-19-38-24)23-10-16-32(17-11-23)18-14-29(12-2-3-13-29)20-26(34)30-15-4-7-27(35)36/h5-6,8-9,19,21,23H,2-4,7,10-18,20H2,1H3,(H,30,34)(H,35,36). The molecule has 4 rings (SSSR count). The van der Waals surface area contributed by atoms with Crippen molar-refractivity contribution in [2.45, 2.75) is 77.2 Å². The molecule has 0 unspecified atom stereocenters. The van der Waals surface area contributed by atoms with Gasteiger partial charge in [0.2, 0.25) is 5.91 Å². The minimum absolute atomic E-state index is 0.0286. The van der Waals surface area contributed by atoms with Gasteiger partial charge >= 0.3 is 5.97 Å². The van der Waals surface area contributed by atoms with Crippen molar-refractivity contribution in [3.8, 4) is 0 Å². The molecule has 2 N–H and O–H groups in total. The SMILES string of the molecule is Cc1ccc(N(C(=O)c2ccco2)C2CCN(CCC3(CC(=O)NCCCC(=O)O)CCCC3)CC2)nc1. The summed E-state index contributed by atoms with van der Waals surface area (Å²) in [6.07, 6.45) is 11.5. The van der Waals surface area contributed by atoms with Crippen LogP contribution < -0.4 is 10.2 Å². The number of pyridine rings is 1. The van der Waals surface area contributed by atoms with Gasteiger partial charge in [0.25, 0.3) is 5.91 Å². The first-order chi connectivity index (χ1) is 18.3. The first-order valence-corrected chi connectivity index (χ1v) is 13.9. The fraction of sp³-hybridized carbons (Fsp3) is 0.586. The number of amides is 2. The van der Waals surface area contributed by atoms with E-state index >= 15 is 0 Å². The third kappa shape index (κ3) is 7.43. The number of carboxylic acid groups (broad SMARTS) is 1. The zero-order valence-corrected chi connectivity index (χ0v) is 22.4. The third-order valence-electron chi connectivity index (χ3n) is 8.06. The Kier molecular flexibility index (Phi) is 9.55. The van der Waals surface area contributed by atoms with Crippen molar-refractivity contribution in [2.75, 3.05) is 31.1 Å². The van der Waals surface area contributed by atoms with Crippen LogP contribution in [0.15, 0.2) is 41.1 Å². The minimum Gasteiger partial charge on any atom is -0.481 e. The maximum Gasteiger partial charge on any atom is 0.303 e. The van der Waals surface area contributed by atoms with E-state index in [0.717, 1.165) is 70.1 Å². The van der Waals surface area contributed by atoms with E-state index in [9.17, 15) is 14.4 Å². The van der Waals surface area contributed by atoms with Crippen molar-refractivity contribution in [3.63, 3.8) is 0 Å². The molecule has 0 aromatic carbocycles. The smallest absolute Gasteiger partial charge is 0.303 e. The van der Waals surface area contributed by atoms with Gasteiger partial charge in [0.1, 0.15) is 5.82 Å².